The number of carbonyl (C=O) groups excluding carboxylic acids is 2. The molecule has 0 fully saturated rings. The van der Waals surface area contributed by atoms with Gasteiger partial charge >= 0.3 is 0 Å². The molecular formula is C23H18N3O3-. The Morgan fingerprint density at radius 1 is 1.07 bits per heavy atom. The number of nitrogens with one attached hydrogen (secondary N) is 1. The molecule has 0 bridgehead atoms. The maximum atomic E-state index is 12.5. The second-order valence-corrected chi connectivity index (χ2v) is 6.49. The van der Waals surface area contributed by atoms with E-state index >= 15 is 0 Å². The molecule has 1 amide bonds. The highest BCUT2D eigenvalue weighted by molar-refractivity contribution is 6.09. The highest BCUT2D eigenvalue weighted by atomic mass is 16.4. The molecule has 0 aliphatic heterocycles. The Kier molecular flexibility index (Phi) is 5.61. The van der Waals surface area contributed by atoms with Crippen molar-refractivity contribution in [2.75, 3.05) is 5.32 Å². The molecule has 0 saturated carbocycles. The molecule has 0 radical (unpaired) electrons. The van der Waals surface area contributed by atoms with Crippen LogP contribution >= 0.6 is 0 Å². The van der Waals surface area contributed by atoms with Crippen LogP contribution in [0.1, 0.15) is 27.3 Å². The zero-order chi connectivity index (χ0) is 21.0. The minimum absolute atomic E-state index is 0.0126. The van der Waals surface area contributed by atoms with E-state index in [9.17, 15) is 20.0 Å². The normalized spacial score (nSPS) is 11.0. The molecule has 144 valence electrons. The Morgan fingerprint density at radius 2 is 1.72 bits per heavy atom. The third-order valence-corrected chi connectivity index (χ3v) is 4.53. The van der Waals surface area contributed by atoms with E-state index in [1.807, 2.05) is 36.6 Å². The van der Waals surface area contributed by atoms with Gasteiger partial charge < -0.3 is 19.8 Å². The summed E-state index contributed by atoms with van der Waals surface area (Å²) in [5.74, 6) is -1.72. The van der Waals surface area contributed by atoms with E-state index in [1.54, 1.807) is 42.5 Å². The molecule has 0 aliphatic carbocycles. The molecule has 3 aromatic rings. The lowest BCUT2D eigenvalue weighted by molar-refractivity contribution is -0.255. The number of anilines is 1. The highest BCUT2D eigenvalue weighted by Gasteiger charge is 2.14. The lowest BCUT2D eigenvalue weighted by Crippen LogP contribution is -2.22. The molecule has 0 spiro atoms. The van der Waals surface area contributed by atoms with Gasteiger partial charge in [-0.3, -0.25) is 4.79 Å². The van der Waals surface area contributed by atoms with Crippen LogP contribution in [0.2, 0.25) is 0 Å². The number of carboxylic acids is 1. The van der Waals surface area contributed by atoms with Crippen molar-refractivity contribution in [2.24, 2.45) is 0 Å². The van der Waals surface area contributed by atoms with Crippen LogP contribution in [-0.4, -0.2) is 16.4 Å². The molecule has 2 aromatic carbocycles. The summed E-state index contributed by atoms with van der Waals surface area (Å²) in [4.78, 5) is 23.4. The molecule has 0 saturated heterocycles. The number of para-hydroxylation sites is 1. The van der Waals surface area contributed by atoms with Gasteiger partial charge in [-0.1, -0.05) is 30.3 Å². The van der Waals surface area contributed by atoms with Gasteiger partial charge in [-0.25, -0.2) is 0 Å². The summed E-state index contributed by atoms with van der Waals surface area (Å²) >= 11 is 0. The number of carboxylic acid groups (broad SMARTS) is 1. The molecule has 1 aromatic heterocycles. The number of benzene rings is 2. The first kappa shape index (κ1) is 19.6. The number of nitriles is 1. The second-order valence-electron chi connectivity index (χ2n) is 6.49. The fraction of sp³-hybridized carbons (Fsp3) is 0.0870. The van der Waals surface area contributed by atoms with Crippen molar-refractivity contribution in [3.8, 4) is 11.8 Å². The molecular weight excluding hydrogens is 366 g/mol. The number of nitrogens with zero attached hydrogens (tertiary/aromatic N) is 2. The Labute approximate surface area is 168 Å². The Balaban J connectivity index is 1.93. The maximum Gasteiger partial charge on any atom is 0.266 e. The van der Waals surface area contributed by atoms with Gasteiger partial charge in [0.1, 0.15) is 11.6 Å². The molecule has 0 aliphatic rings. The largest absolute Gasteiger partial charge is 0.545 e. The minimum Gasteiger partial charge on any atom is -0.545 e. The van der Waals surface area contributed by atoms with Crippen LogP contribution in [0.5, 0.6) is 0 Å². The van der Waals surface area contributed by atoms with Crippen molar-refractivity contribution in [3.63, 3.8) is 0 Å². The number of amides is 1. The first-order valence-electron chi connectivity index (χ1n) is 8.89. The molecule has 3 rings (SSSR count). The van der Waals surface area contributed by atoms with Crippen LogP contribution in [-0.2, 0) is 4.79 Å². The van der Waals surface area contributed by atoms with Gasteiger partial charge in [-0.05, 0) is 61.4 Å². The zero-order valence-corrected chi connectivity index (χ0v) is 16.0. The molecule has 29 heavy (non-hydrogen) atoms. The fourth-order valence-corrected chi connectivity index (χ4v) is 3.10. The molecule has 0 atom stereocenters. The Morgan fingerprint density at radius 3 is 2.31 bits per heavy atom. The molecule has 6 heteroatoms. The van der Waals surface area contributed by atoms with Gasteiger partial charge in [0, 0.05) is 22.8 Å². The highest BCUT2D eigenvalue weighted by Crippen LogP contribution is 2.23. The zero-order valence-electron chi connectivity index (χ0n) is 16.0. The third-order valence-electron chi connectivity index (χ3n) is 4.53. The van der Waals surface area contributed by atoms with Crippen LogP contribution in [0.3, 0.4) is 0 Å². The Bertz CT molecular complexity index is 1130. The number of aromatic carboxylic acids is 1. The summed E-state index contributed by atoms with van der Waals surface area (Å²) in [6, 6.07) is 19.1. The second kappa shape index (κ2) is 8.28. The summed E-state index contributed by atoms with van der Waals surface area (Å²) in [6.07, 6.45) is 1.55. The summed E-state index contributed by atoms with van der Waals surface area (Å²) in [6.45, 7) is 3.77. The van der Waals surface area contributed by atoms with E-state index in [-0.39, 0.29) is 11.1 Å². The summed E-state index contributed by atoms with van der Waals surface area (Å²) in [7, 11) is 0. The van der Waals surface area contributed by atoms with Gasteiger partial charge in [0.05, 0.1) is 5.97 Å². The van der Waals surface area contributed by atoms with Gasteiger partial charge in [0.2, 0.25) is 0 Å². The average molecular weight is 384 g/mol. The van der Waals surface area contributed by atoms with E-state index in [1.165, 1.54) is 12.1 Å². The first-order valence-corrected chi connectivity index (χ1v) is 8.89. The Hall–Kier alpha value is -4.11. The lowest BCUT2D eigenvalue weighted by Gasteiger charge is -2.11. The number of hydrogen-bond donors (Lipinski definition) is 1. The van der Waals surface area contributed by atoms with Crippen LogP contribution in [0, 0.1) is 25.2 Å². The first-order chi connectivity index (χ1) is 13.9. The van der Waals surface area contributed by atoms with E-state index in [4.69, 9.17) is 0 Å². The summed E-state index contributed by atoms with van der Waals surface area (Å²) in [5, 5.41) is 23.1. The number of hydrogen-bond acceptors (Lipinski definition) is 4. The van der Waals surface area contributed by atoms with Gasteiger partial charge in [-0.2, -0.15) is 5.26 Å². The monoisotopic (exact) mass is 384 g/mol. The fourth-order valence-electron chi connectivity index (χ4n) is 3.10. The van der Waals surface area contributed by atoms with Crippen LogP contribution in [0.4, 0.5) is 5.69 Å². The van der Waals surface area contributed by atoms with Gasteiger partial charge in [0.15, 0.2) is 0 Å². The number of carbonyl (C=O) groups is 2. The van der Waals surface area contributed by atoms with Crippen molar-refractivity contribution >= 4 is 23.6 Å². The third kappa shape index (κ3) is 4.25. The van der Waals surface area contributed by atoms with Crippen molar-refractivity contribution in [2.45, 2.75) is 13.8 Å². The van der Waals surface area contributed by atoms with Gasteiger partial charge in [0.25, 0.3) is 5.91 Å². The molecule has 1 heterocycles. The van der Waals surface area contributed by atoms with Crippen molar-refractivity contribution in [3.05, 3.63) is 88.8 Å². The molecule has 0 unspecified atom stereocenters. The van der Waals surface area contributed by atoms with Crippen molar-refractivity contribution in [1.82, 2.24) is 4.57 Å². The van der Waals surface area contributed by atoms with E-state index in [0.29, 0.717) is 5.69 Å². The van der Waals surface area contributed by atoms with Crippen molar-refractivity contribution in [1.29, 1.82) is 5.26 Å². The predicted octanol–water partition coefficient (Wildman–Crippen LogP) is 3.00. The topological polar surface area (TPSA) is 98.0 Å². The van der Waals surface area contributed by atoms with E-state index in [0.717, 1.165) is 22.6 Å². The number of rotatable bonds is 5. The van der Waals surface area contributed by atoms with Crippen molar-refractivity contribution < 1.29 is 14.7 Å². The van der Waals surface area contributed by atoms with Crippen LogP contribution < -0.4 is 10.4 Å². The molecule has 6 nitrogen and oxygen atoms in total. The van der Waals surface area contributed by atoms with Gasteiger partial charge in [-0.15, -0.1) is 0 Å². The molecule has 1 N–H and O–H groups in total. The number of aromatic nitrogens is 1. The maximum absolute atomic E-state index is 12.5. The average Bonchev–Trinajstić information content (AvgIpc) is 2.99. The smallest absolute Gasteiger partial charge is 0.266 e. The SMILES string of the molecule is Cc1cc(/C=C(\C#N)C(=O)Nc2ccccc2)c(C)n1-c1ccc(C(=O)[O-])cc1. The summed E-state index contributed by atoms with van der Waals surface area (Å²) < 4.78 is 1.93. The minimum atomic E-state index is -1.23. The van der Waals surface area contributed by atoms with Crippen LogP contribution in [0.15, 0.2) is 66.2 Å². The number of aryl methyl sites for hydroxylation is 1. The summed E-state index contributed by atoms with van der Waals surface area (Å²) in [5.41, 5.74) is 3.90. The predicted molar refractivity (Wildman–Crippen MR) is 108 cm³/mol. The quantitative estimate of drug-likeness (QED) is 0.540. The standard InChI is InChI=1S/C23H19N3O3/c1-15-12-18(13-19(14-24)22(27)25-20-6-4-3-5-7-20)16(2)26(15)21-10-8-17(9-11-21)23(28)29/h3-13H,1-2H3,(H,25,27)(H,28,29)/p-1/b19-13+. The van der Waals surface area contributed by atoms with Crippen LogP contribution in [0.25, 0.3) is 11.8 Å². The van der Waals surface area contributed by atoms with E-state index in [2.05, 4.69) is 5.32 Å². The lowest BCUT2D eigenvalue weighted by atomic mass is 10.1. The van der Waals surface area contributed by atoms with E-state index < -0.39 is 11.9 Å².